The maximum atomic E-state index is 9.12. The first-order valence-corrected chi connectivity index (χ1v) is 5.94. The summed E-state index contributed by atoms with van der Waals surface area (Å²) in [6, 6.07) is 9.51. The van der Waals surface area contributed by atoms with Crippen LogP contribution in [0.1, 0.15) is 5.82 Å². The molecule has 0 unspecified atom stereocenters. The summed E-state index contributed by atoms with van der Waals surface area (Å²) in [4.78, 5) is 4.11. The second-order valence-electron chi connectivity index (χ2n) is 3.93. The van der Waals surface area contributed by atoms with Gasteiger partial charge in [-0.2, -0.15) is 15.6 Å². The number of benzene rings is 1. The van der Waals surface area contributed by atoms with E-state index in [0.717, 1.165) is 11.3 Å². The van der Waals surface area contributed by atoms with Crippen LogP contribution in [0, 0.1) is 11.3 Å². The first-order valence-electron chi connectivity index (χ1n) is 5.94. The van der Waals surface area contributed by atoms with E-state index in [-0.39, 0.29) is 11.4 Å². The van der Waals surface area contributed by atoms with E-state index in [4.69, 9.17) is 5.26 Å². The Morgan fingerprint density at radius 2 is 2.24 bits per heavy atom. The highest BCUT2D eigenvalue weighted by molar-refractivity contribution is 5.78. The van der Waals surface area contributed by atoms with Crippen molar-refractivity contribution in [2.75, 3.05) is 5.32 Å². The van der Waals surface area contributed by atoms with Crippen LogP contribution in [0.5, 0.6) is 0 Å². The molecule has 3 N–H and O–H groups in total. The number of hydrogen-bond donors (Lipinski definition) is 3. The molecule has 0 saturated heterocycles. The van der Waals surface area contributed by atoms with Crippen LogP contribution in [0.4, 0.5) is 5.69 Å². The number of rotatable bonds is 4. The molecule has 0 spiro atoms. The smallest absolute Gasteiger partial charge is 0.216 e. The average Bonchev–Trinajstić information content (AvgIpc) is 3.22. The van der Waals surface area contributed by atoms with Crippen LogP contribution in [0.25, 0.3) is 17.0 Å². The van der Waals surface area contributed by atoms with Gasteiger partial charge in [-0.05, 0) is 17.3 Å². The number of hydrogen-bond acceptors (Lipinski definition) is 7. The summed E-state index contributed by atoms with van der Waals surface area (Å²) in [6.45, 7) is 0. The normalized spacial score (nSPS) is 11.1. The zero-order valence-electron chi connectivity index (χ0n) is 10.6. The van der Waals surface area contributed by atoms with Crippen LogP contribution in [0.2, 0.25) is 0 Å². The van der Waals surface area contributed by atoms with Gasteiger partial charge in [-0.1, -0.05) is 12.1 Å². The van der Waals surface area contributed by atoms with Crippen LogP contribution in [0.15, 0.2) is 36.8 Å². The molecule has 102 valence electrons. The predicted octanol–water partition coefficient (Wildman–Crippen LogP) is 0.961. The van der Waals surface area contributed by atoms with Crippen molar-refractivity contribution in [2.45, 2.75) is 0 Å². The minimum absolute atomic E-state index is 0.224. The van der Waals surface area contributed by atoms with E-state index in [1.165, 1.54) is 12.5 Å². The van der Waals surface area contributed by atoms with E-state index < -0.39 is 0 Å². The van der Waals surface area contributed by atoms with Crippen molar-refractivity contribution in [3.8, 4) is 17.5 Å². The van der Waals surface area contributed by atoms with Gasteiger partial charge in [0.2, 0.25) is 5.82 Å². The fraction of sp³-hybridized carbons (Fsp3) is 0. The average molecular weight is 279 g/mol. The predicted molar refractivity (Wildman–Crippen MR) is 73.2 cm³/mol. The maximum Gasteiger partial charge on any atom is 0.216 e. The molecule has 1 aromatic carbocycles. The number of aromatic amines is 2. The van der Waals surface area contributed by atoms with E-state index >= 15 is 0 Å². The number of tetrazole rings is 1. The van der Waals surface area contributed by atoms with Gasteiger partial charge < -0.3 is 5.32 Å². The van der Waals surface area contributed by atoms with Crippen LogP contribution in [-0.2, 0) is 0 Å². The molecular formula is C12H9N9. The third-order valence-electron chi connectivity index (χ3n) is 2.68. The Bertz CT molecular complexity index is 781. The van der Waals surface area contributed by atoms with Gasteiger partial charge >= 0.3 is 0 Å². The molecule has 0 amide bonds. The van der Waals surface area contributed by atoms with Gasteiger partial charge in [0.05, 0.1) is 0 Å². The Labute approximate surface area is 118 Å². The van der Waals surface area contributed by atoms with Crippen molar-refractivity contribution >= 4 is 11.3 Å². The number of para-hydroxylation sites is 1. The first kappa shape index (κ1) is 12.5. The summed E-state index contributed by atoms with van der Waals surface area (Å²) in [6.07, 6.45) is 2.95. The molecule has 9 heteroatoms. The minimum Gasteiger partial charge on any atom is -0.360 e. The number of anilines is 1. The SMILES string of the molecule is N#CC(=CNc1ccccc1-c1ncn[nH]1)c1nn[nH]n1. The van der Waals surface area contributed by atoms with Crippen LogP contribution < -0.4 is 5.32 Å². The molecule has 3 aromatic rings. The van der Waals surface area contributed by atoms with Crippen molar-refractivity contribution < 1.29 is 0 Å². The van der Waals surface area contributed by atoms with Gasteiger partial charge in [0.15, 0.2) is 5.82 Å². The summed E-state index contributed by atoms with van der Waals surface area (Å²) >= 11 is 0. The van der Waals surface area contributed by atoms with Gasteiger partial charge in [0.1, 0.15) is 18.0 Å². The van der Waals surface area contributed by atoms with Crippen molar-refractivity contribution in [2.24, 2.45) is 0 Å². The second kappa shape index (κ2) is 5.62. The Morgan fingerprint density at radius 3 is 2.95 bits per heavy atom. The van der Waals surface area contributed by atoms with Crippen molar-refractivity contribution in [3.05, 3.63) is 42.6 Å². The van der Waals surface area contributed by atoms with Gasteiger partial charge in [-0.3, -0.25) is 5.10 Å². The first-order chi connectivity index (χ1) is 10.4. The molecule has 0 aliphatic carbocycles. The molecular weight excluding hydrogens is 270 g/mol. The molecule has 2 aromatic heterocycles. The van der Waals surface area contributed by atoms with Gasteiger partial charge in [-0.25, -0.2) is 4.98 Å². The molecule has 0 radical (unpaired) electrons. The number of nitrogens with zero attached hydrogens (tertiary/aromatic N) is 6. The molecule has 2 heterocycles. The number of H-pyrrole nitrogens is 2. The lowest BCUT2D eigenvalue weighted by Gasteiger charge is -2.06. The Morgan fingerprint density at radius 1 is 1.33 bits per heavy atom. The van der Waals surface area contributed by atoms with E-state index in [2.05, 4.69) is 41.1 Å². The molecule has 9 nitrogen and oxygen atoms in total. The highest BCUT2D eigenvalue weighted by Gasteiger charge is 2.08. The lowest BCUT2D eigenvalue weighted by Crippen LogP contribution is -1.95. The van der Waals surface area contributed by atoms with Crippen molar-refractivity contribution in [3.63, 3.8) is 0 Å². The fourth-order valence-electron chi connectivity index (χ4n) is 1.72. The van der Waals surface area contributed by atoms with Crippen molar-refractivity contribution in [1.29, 1.82) is 5.26 Å². The van der Waals surface area contributed by atoms with Crippen LogP contribution >= 0.6 is 0 Å². The van der Waals surface area contributed by atoms with Gasteiger partial charge in [0.25, 0.3) is 0 Å². The Hall–Kier alpha value is -3.54. The van der Waals surface area contributed by atoms with E-state index in [1.807, 2.05) is 30.3 Å². The van der Waals surface area contributed by atoms with Crippen LogP contribution in [-0.4, -0.2) is 35.8 Å². The molecule has 0 saturated carbocycles. The van der Waals surface area contributed by atoms with Crippen LogP contribution in [0.3, 0.4) is 0 Å². The largest absolute Gasteiger partial charge is 0.360 e. The Balaban J connectivity index is 1.91. The standard InChI is InChI=1S/C12H9N9/c13-5-8(11-18-20-21-19-11)6-14-10-4-2-1-3-9(10)12-15-7-16-17-12/h1-4,6-7,14H,(H,15,16,17)(H,18,19,20,21). The summed E-state index contributed by atoms with van der Waals surface area (Å²) < 4.78 is 0. The molecule has 0 aliphatic rings. The summed E-state index contributed by atoms with van der Waals surface area (Å²) in [5.41, 5.74) is 1.86. The quantitative estimate of drug-likeness (QED) is 0.606. The molecule has 0 atom stereocenters. The molecule has 21 heavy (non-hydrogen) atoms. The highest BCUT2D eigenvalue weighted by atomic mass is 15.5. The zero-order chi connectivity index (χ0) is 14.5. The topological polar surface area (TPSA) is 132 Å². The Kier molecular flexibility index (Phi) is 3.34. The molecule has 0 aliphatic heterocycles. The van der Waals surface area contributed by atoms with Crippen molar-refractivity contribution in [1.82, 2.24) is 35.8 Å². The minimum atomic E-state index is 0.224. The summed E-state index contributed by atoms with van der Waals surface area (Å²) in [5.74, 6) is 0.853. The number of allylic oxidation sites excluding steroid dienone is 1. The third kappa shape index (κ3) is 2.59. The van der Waals surface area contributed by atoms with Gasteiger partial charge in [-0.15, -0.1) is 10.2 Å². The lowest BCUT2D eigenvalue weighted by molar-refractivity contribution is 0.881. The molecule has 0 fully saturated rings. The second-order valence-corrected chi connectivity index (χ2v) is 3.93. The number of aromatic nitrogens is 7. The van der Waals surface area contributed by atoms with E-state index in [1.54, 1.807) is 0 Å². The number of nitrogens with one attached hydrogen (secondary N) is 3. The zero-order valence-corrected chi connectivity index (χ0v) is 10.6. The maximum absolute atomic E-state index is 9.12. The van der Waals surface area contributed by atoms with Gasteiger partial charge in [0, 0.05) is 17.5 Å². The lowest BCUT2D eigenvalue weighted by atomic mass is 10.1. The third-order valence-corrected chi connectivity index (χ3v) is 2.68. The monoisotopic (exact) mass is 279 g/mol. The molecule has 0 bridgehead atoms. The van der Waals surface area contributed by atoms with E-state index in [9.17, 15) is 0 Å². The summed E-state index contributed by atoms with van der Waals surface area (Å²) in [5, 5.41) is 32.1. The highest BCUT2D eigenvalue weighted by Crippen LogP contribution is 2.24. The fourth-order valence-corrected chi connectivity index (χ4v) is 1.72. The van der Waals surface area contributed by atoms with E-state index in [0.29, 0.717) is 5.82 Å². The number of nitriles is 1. The summed E-state index contributed by atoms with van der Waals surface area (Å²) in [7, 11) is 0. The molecule has 3 rings (SSSR count).